The lowest BCUT2D eigenvalue weighted by Crippen LogP contribution is -2.33. The van der Waals surface area contributed by atoms with Crippen LogP contribution in [-0.2, 0) is 6.54 Å². The number of aromatic nitrogens is 4. The maximum Gasteiger partial charge on any atom is 0.227 e. The molecule has 2 heterocycles. The fraction of sp³-hybridized carbons (Fsp3) is 0.542. The number of imidazole rings is 1. The molecule has 2 aliphatic carbocycles. The van der Waals surface area contributed by atoms with Crippen LogP contribution in [-0.4, -0.2) is 31.6 Å². The molecule has 9 heteroatoms. The van der Waals surface area contributed by atoms with E-state index in [2.05, 4.69) is 20.2 Å². The Morgan fingerprint density at radius 2 is 1.82 bits per heavy atom. The second-order valence-corrected chi connectivity index (χ2v) is 9.46. The van der Waals surface area contributed by atoms with E-state index in [0.29, 0.717) is 41.6 Å². The van der Waals surface area contributed by atoms with Gasteiger partial charge in [-0.2, -0.15) is 9.97 Å². The third kappa shape index (κ3) is 4.88. The highest BCUT2D eigenvalue weighted by atomic mass is 19.1. The molecule has 0 atom stereocenters. The van der Waals surface area contributed by atoms with Gasteiger partial charge in [0.25, 0.3) is 0 Å². The third-order valence-electron chi connectivity index (χ3n) is 7.05. The summed E-state index contributed by atoms with van der Waals surface area (Å²) in [5, 5.41) is 6.87. The van der Waals surface area contributed by atoms with Gasteiger partial charge in [-0.05, 0) is 62.3 Å². The summed E-state index contributed by atoms with van der Waals surface area (Å²) in [6, 6.07) is 5.40. The normalized spacial score (nSPS) is 21.9. The Kier molecular flexibility index (Phi) is 6.30. The van der Waals surface area contributed by atoms with E-state index < -0.39 is 0 Å². The standard InChI is InChI=1S/C24H33FN8/c25-16-6-11-20(27)15(12-16)13-28-22-21-23(33(14-29-21)19-4-2-1-3-5-19)32-24(31-22)30-18-9-7-17(26)8-10-18/h6,11-12,14,17-19H,1-5,7-10,13,26-27H2,(H2,28,30,31,32). The van der Waals surface area contributed by atoms with Gasteiger partial charge in [-0.25, -0.2) is 9.37 Å². The van der Waals surface area contributed by atoms with Crippen molar-refractivity contribution in [2.75, 3.05) is 16.4 Å². The lowest BCUT2D eigenvalue weighted by atomic mass is 9.92. The van der Waals surface area contributed by atoms with E-state index in [1.807, 2.05) is 6.33 Å². The molecule has 1 aromatic carbocycles. The summed E-state index contributed by atoms with van der Waals surface area (Å²) in [4.78, 5) is 14.3. The number of nitrogen functional groups attached to an aromatic ring is 1. The molecule has 2 aliphatic rings. The van der Waals surface area contributed by atoms with E-state index in [1.165, 1.54) is 31.4 Å². The molecule has 5 rings (SSSR count). The first kappa shape index (κ1) is 21.9. The number of hydrogen-bond donors (Lipinski definition) is 4. The van der Waals surface area contributed by atoms with Crippen molar-refractivity contribution in [1.29, 1.82) is 0 Å². The molecule has 2 saturated carbocycles. The van der Waals surface area contributed by atoms with E-state index in [4.69, 9.17) is 21.4 Å². The largest absolute Gasteiger partial charge is 0.398 e. The van der Waals surface area contributed by atoms with Crippen molar-refractivity contribution in [3.8, 4) is 0 Å². The lowest BCUT2D eigenvalue weighted by molar-refractivity contribution is 0.358. The molecule has 3 aromatic rings. The monoisotopic (exact) mass is 452 g/mol. The van der Waals surface area contributed by atoms with Crippen LogP contribution in [0.2, 0.25) is 0 Å². The Morgan fingerprint density at radius 1 is 1.03 bits per heavy atom. The highest BCUT2D eigenvalue weighted by Gasteiger charge is 2.23. The van der Waals surface area contributed by atoms with Gasteiger partial charge >= 0.3 is 0 Å². The number of hydrogen-bond acceptors (Lipinski definition) is 7. The van der Waals surface area contributed by atoms with Gasteiger partial charge in [0.15, 0.2) is 17.0 Å². The molecule has 0 aliphatic heterocycles. The Balaban J connectivity index is 1.46. The summed E-state index contributed by atoms with van der Waals surface area (Å²) in [5.41, 5.74) is 14.9. The second kappa shape index (κ2) is 9.51. The quantitative estimate of drug-likeness (QED) is 0.411. The Hall–Kier alpha value is -2.94. The molecule has 0 spiro atoms. The van der Waals surface area contributed by atoms with E-state index in [1.54, 1.807) is 6.07 Å². The fourth-order valence-electron chi connectivity index (χ4n) is 5.08. The van der Waals surface area contributed by atoms with E-state index in [9.17, 15) is 4.39 Å². The summed E-state index contributed by atoms with van der Waals surface area (Å²) >= 11 is 0. The van der Waals surface area contributed by atoms with Crippen LogP contribution in [0.1, 0.15) is 69.4 Å². The molecule has 2 fully saturated rings. The first-order valence-corrected chi connectivity index (χ1v) is 12.1. The van der Waals surface area contributed by atoms with E-state index >= 15 is 0 Å². The number of anilines is 3. The minimum absolute atomic E-state index is 0.285. The summed E-state index contributed by atoms with van der Waals surface area (Å²) < 4.78 is 16.0. The van der Waals surface area contributed by atoms with Crippen LogP contribution >= 0.6 is 0 Å². The number of nitrogens with two attached hydrogens (primary N) is 2. The van der Waals surface area contributed by atoms with Crippen molar-refractivity contribution in [3.05, 3.63) is 35.9 Å². The van der Waals surface area contributed by atoms with Crippen LogP contribution in [0.3, 0.4) is 0 Å². The van der Waals surface area contributed by atoms with Gasteiger partial charge in [0, 0.05) is 30.4 Å². The number of rotatable bonds is 6. The first-order valence-electron chi connectivity index (χ1n) is 12.1. The van der Waals surface area contributed by atoms with Crippen LogP contribution in [0.4, 0.5) is 21.8 Å². The Bertz CT molecular complexity index is 1100. The van der Waals surface area contributed by atoms with Crippen LogP contribution in [0, 0.1) is 5.82 Å². The molecule has 8 nitrogen and oxygen atoms in total. The van der Waals surface area contributed by atoms with Gasteiger partial charge in [-0.1, -0.05) is 19.3 Å². The number of nitrogens with zero attached hydrogens (tertiary/aromatic N) is 4. The van der Waals surface area contributed by atoms with Crippen molar-refractivity contribution < 1.29 is 4.39 Å². The molecule has 0 saturated heterocycles. The SMILES string of the molecule is Nc1ccc(F)cc1CNc1nc(NC2CCC(N)CC2)nc2c1ncn2C1CCCCC1. The number of benzene rings is 1. The fourth-order valence-corrected chi connectivity index (χ4v) is 5.08. The number of nitrogens with one attached hydrogen (secondary N) is 2. The van der Waals surface area contributed by atoms with Crippen LogP contribution in [0.25, 0.3) is 11.2 Å². The number of fused-ring (bicyclic) bond motifs is 1. The second-order valence-electron chi connectivity index (χ2n) is 9.46. The van der Waals surface area contributed by atoms with Crippen molar-refractivity contribution in [3.63, 3.8) is 0 Å². The minimum Gasteiger partial charge on any atom is -0.398 e. The predicted molar refractivity (Wildman–Crippen MR) is 129 cm³/mol. The van der Waals surface area contributed by atoms with Gasteiger partial charge in [-0.3, -0.25) is 0 Å². The summed E-state index contributed by atoms with van der Waals surface area (Å²) in [6.07, 6.45) is 11.9. The lowest BCUT2D eigenvalue weighted by Gasteiger charge is -2.27. The molecule has 6 N–H and O–H groups in total. The van der Waals surface area contributed by atoms with Gasteiger partial charge < -0.3 is 26.7 Å². The molecule has 0 radical (unpaired) electrons. The smallest absolute Gasteiger partial charge is 0.227 e. The Morgan fingerprint density at radius 3 is 2.61 bits per heavy atom. The molecule has 0 unspecified atom stereocenters. The summed E-state index contributed by atoms with van der Waals surface area (Å²) in [6.45, 7) is 0.351. The molecular weight excluding hydrogens is 419 g/mol. The zero-order valence-electron chi connectivity index (χ0n) is 18.9. The van der Waals surface area contributed by atoms with Gasteiger partial charge in [0.05, 0.1) is 6.33 Å². The van der Waals surface area contributed by atoms with E-state index in [-0.39, 0.29) is 11.9 Å². The molecule has 176 valence electrons. The molecule has 0 amide bonds. The van der Waals surface area contributed by atoms with Crippen molar-refractivity contribution >= 4 is 28.6 Å². The topological polar surface area (TPSA) is 120 Å². The van der Waals surface area contributed by atoms with Crippen LogP contribution < -0.4 is 22.1 Å². The highest BCUT2D eigenvalue weighted by molar-refractivity contribution is 5.84. The minimum atomic E-state index is -0.312. The van der Waals surface area contributed by atoms with Gasteiger partial charge in [0.1, 0.15) is 5.82 Å². The Labute approximate surface area is 193 Å². The molecule has 2 aromatic heterocycles. The van der Waals surface area contributed by atoms with Crippen molar-refractivity contribution in [1.82, 2.24) is 19.5 Å². The summed E-state index contributed by atoms with van der Waals surface area (Å²) in [7, 11) is 0. The maximum absolute atomic E-state index is 13.7. The third-order valence-corrected chi connectivity index (χ3v) is 7.05. The zero-order valence-corrected chi connectivity index (χ0v) is 18.9. The predicted octanol–water partition coefficient (Wildman–Crippen LogP) is 4.35. The molecular formula is C24H33FN8. The highest BCUT2D eigenvalue weighted by Crippen LogP contribution is 2.32. The van der Waals surface area contributed by atoms with Crippen molar-refractivity contribution in [2.24, 2.45) is 5.73 Å². The average Bonchev–Trinajstić information content (AvgIpc) is 3.26. The van der Waals surface area contributed by atoms with Crippen LogP contribution in [0.5, 0.6) is 0 Å². The zero-order chi connectivity index (χ0) is 22.8. The average molecular weight is 453 g/mol. The van der Waals surface area contributed by atoms with Crippen molar-refractivity contribution in [2.45, 2.75) is 82.5 Å². The van der Waals surface area contributed by atoms with E-state index in [0.717, 1.165) is 49.7 Å². The molecule has 33 heavy (non-hydrogen) atoms. The maximum atomic E-state index is 13.7. The van der Waals surface area contributed by atoms with Gasteiger partial charge in [0.2, 0.25) is 5.95 Å². The van der Waals surface area contributed by atoms with Gasteiger partial charge in [-0.15, -0.1) is 0 Å². The summed E-state index contributed by atoms with van der Waals surface area (Å²) in [5.74, 6) is 0.914. The molecule has 0 bridgehead atoms. The first-order chi connectivity index (χ1) is 16.1. The number of halogens is 1. The van der Waals surface area contributed by atoms with Crippen LogP contribution in [0.15, 0.2) is 24.5 Å².